The van der Waals surface area contributed by atoms with E-state index < -0.39 is 17.7 Å². The Balaban J connectivity index is 2.13. The van der Waals surface area contributed by atoms with E-state index in [4.69, 9.17) is 10.8 Å². The van der Waals surface area contributed by atoms with Crippen LogP contribution in [0.4, 0.5) is 14.0 Å². The predicted octanol–water partition coefficient (Wildman–Crippen LogP) is 1.55. The smallest absolute Gasteiger partial charge is 0.407 e. The summed E-state index contributed by atoms with van der Waals surface area (Å²) < 4.78 is 12.9. The van der Waals surface area contributed by atoms with Gasteiger partial charge >= 0.3 is 12.1 Å². The highest BCUT2D eigenvalue weighted by Crippen LogP contribution is 2.27. The number of hydrogen-bond acceptors (Lipinski definition) is 2. The van der Waals surface area contributed by atoms with E-state index in [0.717, 1.165) is 5.56 Å². The van der Waals surface area contributed by atoms with Gasteiger partial charge in [0, 0.05) is 18.6 Å². The molecule has 114 valence electrons. The Morgan fingerprint density at radius 2 is 1.86 bits per heavy atom. The molecule has 1 aromatic rings. The molecule has 1 aliphatic heterocycles. The second kappa shape index (κ2) is 5.99. The highest BCUT2D eigenvalue weighted by molar-refractivity contribution is 5.73. The number of halogens is 1. The SMILES string of the molecule is NC(=O)NC1(Cc2ccc(F)cc2)CCN(C(=O)O)CC1. The Hall–Kier alpha value is -2.31. The Morgan fingerprint density at radius 1 is 1.29 bits per heavy atom. The highest BCUT2D eigenvalue weighted by atomic mass is 19.1. The van der Waals surface area contributed by atoms with Gasteiger partial charge in [-0.25, -0.2) is 14.0 Å². The van der Waals surface area contributed by atoms with Crippen LogP contribution in [0.25, 0.3) is 0 Å². The van der Waals surface area contributed by atoms with E-state index in [1.807, 2.05) is 0 Å². The number of rotatable bonds is 3. The Labute approximate surface area is 121 Å². The summed E-state index contributed by atoms with van der Waals surface area (Å²) in [5, 5.41) is 11.7. The first-order valence-electron chi connectivity index (χ1n) is 6.70. The van der Waals surface area contributed by atoms with Gasteiger partial charge in [0.1, 0.15) is 5.82 Å². The minimum Gasteiger partial charge on any atom is -0.465 e. The summed E-state index contributed by atoms with van der Waals surface area (Å²) in [5.74, 6) is -0.323. The van der Waals surface area contributed by atoms with Crippen molar-refractivity contribution in [3.8, 4) is 0 Å². The molecule has 0 spiro atoms. The summed E-state index contributed by atoms with van der Waals surface area (Å²) in [6.45, 7) is 0.660. The van der Waals surface area contributed by atoms with E-state index in [-0.39, 0.29) is 5.82 Å². The van der Waals surface area contributed by atoms with Gasteiger partial charge in [-0.2, -0.15) is 0 Å². The predicted molar refractivity (Wildman–Crippen MR) is 74.4 cm³/mol. The lowest BCUT2D eigenvalue weighted by atomic mass is 9.82. The van der Waals surface area contributed by atoms with Crippen molar-refractivity contribution in [1.82, 2.24) is 10.2 Å². The second-order valence-corrected chi connectivity index (χ2v) is 5.34. The molecule has 21 heavy (non-hydrogen) atoms. The molecule has 0 aliphatic carbocycles. The molecular formula is C14H18FN3O3. The summed E-state index contributed by atoms with van der Waals surface area (Å²) in [7, 11) is 0. The maximum Gasteiger partial charge on any atom is 0.407 e. The van der Waals surface area contributed by atoms with E-state index in [0.29, 0.717) is 32.4 Å². The number of carbonyl (C=O) groups excluding carboxylic acids is 1. The fraction of sp³-hybridized carbons (Fsp3) is 0.429. The number of piperidine rings is 1. The Kier molecular flexibility index (Phi) is 4.30. The second-order valence-electron chi connectivity index (χ2n) is 5.34. The van der Waals surface area contributed by atoms with Gasteiger partial charge in [0.25, 0.3) is 0 Å². The minimum absolute atomic E-state index is 0.323. The van der Waals surface area contributed by atoms with E-state index in [9.17, 15) is 14.0 Å². The van der Waals surface area contributed by atoms with Crippen LogP contribution in [0, 0.1) is 5.82 Å². The van der Waals surface area contributed by atoms with Crippen LogP contribution in [0.2, 0.25) is 0 Å². The van der Waals surface area contributed by atoms with Crippen LogP contribution in [0.3, 0.4) is 0 Å². The third-order valence-corrected chi connectivity index (χ3v) is 3.84. The van der Waals surface area contributed by atoms with Gasteiger partial charge in [0.15, 0.2) is 0 Å². The molecule has 0 saturated carbocycles. The van der Waals surface area contributed by atoms with E-state index in [1.54, 1.807) is 12.1 Å². The number of likely N-dealkylation sites (tertiary alicyclic amines) is 1. The maximum absolute atomic E-state index is 12.9. The first-order valence-corrected chi connectivity index (χ1v) is 6.70. The van der Waals surface area contributed by atoms with Crippen molar-refractivity contribution in [1.29, 1.82) is 0 Å². The number of carboxylic acid groups (broad SMARTS) is 1. The van der Waals surface area contributed by atoms with Crippen LogP contribution >= 0.6 is 0 Å². The van der Waals surface area contributed by atoms with Crippen LogP contribution in [-0.4, -0.2) is 40.8 Å². The van der Waals surface area contributed by atoms with E-state index in [2.05, 4.69) is 5.32 Å². The number of benzene rings is 1. The van der Waals surface area contributed by atoms with Crippen molar-refractivity contribution in [3.63, 3.8) is 0 Å². The fourth-order valence-corrected chi connectivity index (χ4v) is 2.73. The average molecular weight is 295 g/mol. The van der Waals surface area contributed by atoms with Crippen LogP contribution in [0.1, 0.15) is 18.4 Å². The molecule has 0 unspecified atom stereocenters. The van der Waals surface area contributed by atoms with Gasteiger partial charge in [0.2, 0.25) is 0 Å². The molecule has 3 amide bonds. The molecule has 6 nitrogen and oxygen atoms in total. The summed E-state index contributed by atoms with van der Waals surface area (Å²) in [6.07, 6.45) is 0.465. The molecule has 1 saturated heterocycles. The lowest BCUT2D eigenvalue weighted by Crippen LogP contribution is -2.58. The topological polar surface area (TPSA) is 95.7 Å². The van der Waals surface area contributed by atoms with Crippen molar-refractivity contribution < 1.29 is 19.1 Å². The van der Waals surface area contributed by atoms with E-state index in [1.165, 1.54) is 17.0 Å². The molecule has 1 aromatic carbocycles. The molecule has 0 atom stereocenters. The van der Waals surface area contributed by atoms with Crippen LogP contribution in [-0.2, 0) is 6.42 Å². The first-order chi connectivity index (χ1) is 9.90. The number of urea groups is 1. The van der Waals surface area contributed by atoms with Gasteiger partial charge in [-0.15, -0.1) is 0 Å². The minimum atomic E-state index is -0.968. The van der Waals surface area contributed by atoms with Crippen LogP contribution < -0.4 is 11.1 Å². The molecule has 1 heterocycles. The number of nitrogens with two attached hydrogens (primary N) is 1. The zero-order valence-electron chi connectivity index (χ0n) is 11.5. The summed E-state index contributed by atoms with van der Waals surface area (Å²) >= 11 is 0. The third kappa shape index (κ3) is 3.84. The molecule has 7 heteroatoms. The number of amides is 3. The molecule has 2 rings (SSSR count). The first kappa shape index (κ1) is 15.1. The molecular weight excluding hydrogens is 277 g/mol. The molecule has 4 N–H and O–H groups in total. The van der Waals surface area contributed by atoms with Crippen LogP contribution in [0.5, 0.6) is 0 Å². The molecule has 0 aromatic heterocycles. The van der Waals surface area contributed by atoms with Crippen molar-refractivity contribution in [2.45, 2.75) is 24.8 Å². The normalized spacial score (nSPS) is 17.3. The highest BCUT2D eigenvalue weighted by Gasteiger charge is 2.37. The fourth-order valence-electron chi connectivity index (χ4n) is 2.73. The van der Waals surface area contributed by atoms with Gasteiger partial charge in [-0.1, -0.05) is 12.1 Å². The maximum atomic E-state index is 12.9. The largest absolute Gasteiger partial charge is 0.465 e. The molecule has 0 radical (unpaired) electrons. The van der Waals surface area contributed by atoms with Gasteiger partial charge < -0.3 is 21.1 Å². The zero-order valence-corrected chi connectivity index (χ0v) is 11.5. The number of nitrogens with one attached hydrogen (secondary N) is 1. The Bertz CT molecular complexity index is 525. The quantitative estimate of drug-likeness (QED) is 0.789. The van der Waals surface area contributed by atoms with Crippen molar-refractivity contribution >= 4 is 12.1 Å². The standard InChI is InChI=1S/C14H18FN3O3/c15-11-3-1-10(2-4-11)9-14(17-12(16)19)5-7-18(8-6-14)13(20)21/h1-4H,5-9H2,(H,20,21)(H3,16,17,19). The summed E-state index contributed by atoms with van der Waals surface area (Å²) in [4.78, 5) is 23.5. The number of nitrogens with zero attached hydrogens (tertiary/aromatic N) is 1. The molecule has 1 aliphatic rings. The summed E-state index contributed by atoms with van der Waals surface area (Å²) in [5.41, 5.74) is 5.52. The van der Waals surface area contributed by atoms with Gasteiger partial charge in [0.05, 0.1) is 0 Å². The number of hydrogen-bond donors (Lipinski definition) is 3. The van der Waals surface area contributed by atoms with Gasteiger partial charge in [-0.05, 0) is 37.0 Å². The summed E-state index contributed by atoms with van der Waals surface area (Å²) in [6, 6.07) is 5.40. The Morgan fingerprint density at radius 3 is 2.33 bits per heavy atom. The third-order valence-electron chi connectivity index (χ3n) is 3.84. The number of carbonyl (C=O) groups is 2. The van der Waals surface area contributed by atoms with Gasteiger partial charge in [-0.3, -0.25) is 0 Å². The zero-order chi connectivity index (χ0) is 15.5. The monoisotopic (exact) mass is 295 g/mol. The van der Waals surface area contributed by atoms with Crippen molar-refractivity contribution in [2.24, 2.45) is 5.73 Å². The average Bonchev–Trinajstić information content (AvgIpc) is 2.41. The van der Waals surface area contributed by atoms with Crippen LogP contribution in [0.15, 0.2) is 24.3 Å². The molecule has 0 bridgehead atoms. The van der Waals surface area contributed by atoms with Crippen molar-refractivity contribution in [2.75, 3.05) is 13.1 Å². The molecule has 1 fully saturated rings. The lowest BCUT2D eigenvalue weighted by Gasteiger charge is -2.41. The van der Waals surface area contributed by atoms with Crippen molar-refractivity contribution in [3.05, 3.63) is 35.6 Å². The van der Waals surface area contributed by atoms with E-state index >= 15 is 0 Å². The number of primary amides is 1. The lowest BCUT2D eigenvalue weighted by molar-refractivity contribution is 0.109.